The molecule has 0 unspecified atom stereocenters. The van der Waals surface area contributed by atoms with Crippen molar-refractivity contribution < 1.29 is 19.4 Å². The van der Waals surface area contributed by atoms with Crippen molar-refractivity contribution in [2.45, 2.75) is 19.9 Å². The molecule has 104 valence electrons. The molecule has 19 heavy (non-hydrogen) atoms. The second kappa shape index (κ2) is 6.08. The number of nitrogen functional groups attached to an aromatic ring is 1. The summed E-state index contributed by atoms with van der Waals surface area (Å²) in [6.07, 6.45) is 0. The summed E-state index contributed by atoms with van der Waals surface area (Å²) in [5.41, 5.74) is 6.24. The van der Waals surface area contributed by atoms with E-state index in [1.165, 1.54) is 13.2 Å². The quantitative estimate of drug-likeness (QED) is 0.693. The number of hydrogen-bond acceptors (Lipinski definition) is 4. The van der Waals surface area contributed by atoms with E-state index in [1.54, 1.807) is 26.0 Å². The van der Waals surface area contributed by atoms with Gasteiger partial charge >= 0.3 is 5.97 Å². The van der Waals surface area contributed by atoms with E-state index in [2.05, 4.69) is 5.32 Å². The lowest BCUT2D eigenvalue weighted by atomic mass is 10.0. The number of nitrogens with two attached hydrogens (primary N) is 1. The van der Waals surface area contributed by atoms with Gasteiger partial charge in [0.25, 0.3) is 5.91 Å². The molecule has 0 heterocycles. The van der Waals surface area contributed by atoms with Gasteiger partial charge in [-0.05, 0) is 24.1 Å². The van der Waals surface area contributed by atoms with Crippen molar-refractivity contribution in [1.82, 2.24) is 5.32 Å². The van der Waals surface area contributed by atoms with Gasteiger partial charge in [-0.15, -0.1) is 0 Å². The molecule has 0 bridgehead atoms. The maximum absolute atomic E-state index is 12.1. The van der Waals surface area contributed by atoms with Gasteiger partial charge in [0, 0.05) is 5.69 Å². The Hall–Kier alpha value is -2.24. The summed E-state index contributed by atoms with van der Waals surface area (Å²) < 4.78 is 5.06. The van der Waals surface area contributed by atoms with Gasteiger partial charge in [-0.1, -0.05) is 13.8 Å². The van der Waals surface area contributed by atoms with E-state index in [0.29, 0.717) is 11.4 Å². The molecule has 6 nitrogen and oxygen atoms in total. The van der Waals surface area contributed by atoms with Crippen molar-refractivity contribution >= 4 is 17.6 Å². The molecule has 6 heteroatoms. The molecular weight excluding hydrogens is 248 g/mol. The van der Waals surface area contributed by atoms with Gasteiger partial charge in [-0.2, -0.15) is 0 Å². The predicted octanol–water partition coefficient (Wildman–Crippen LogP) is 1.12. The van der Waals surface area contributed by atoms with Crippen molar-refractivity contribution in [3.8, 4) is 5.75 Å². The highest BCUT2D eigenvalue weighted by Crippen LogP contribution is 2.21. The van der Waals surface area contributed by atoms with Crippen LogP contribution in [0.3, 0.4) is 0 Å². The zero-order chi connectivity index (χ0) is 14.6. The van der Waals surface area contributed by atoms with Crippen LogP contribution in [0.15, 0.2) is 18.2 Å². The predicted molar refractivity (Wildman–Crippen MR) is 71.1 cm³/mol. The van der Waals surface area contributed by atoms with Gasteiger partial charge in [-0.25, -0.2) is 4.79 Å². The smallest absolute Gasteiger partial charge is 0.326 e. The van der Waals surface area contributed by atoms with E-state index in [0.717, 1.165) is 0 Å². The van der Waals surface area contributed by atoms with E-state index < -0.39 is 17.9 Å². The Labute approximate surface area is 111 Å². The van der Waals surface area contributed by atoms with Crippen molar-refractivity contribution in [2.75, 3.05) is 12.8 Å². The number of rotatable bonds is 5. The fourth-order valence-electron chi connectivity index (χ4n) is 1.64. The van der Waals surface area contributed by atoms with Crippen LogP contribution in [0, 0.1) is 5.92 Å². The van der Waals surface area contributed by atoms with Crippen LogP contribution in [0.1, 0.15) is 24.2 Å². The Morgan fingerprint density at radius 3 is 2.47 bits per heavy atom. The number of amides is 1. The molecule has 0 saturated heterocycles. The summed E-state index contributed by atoms with van der Waals surface area (Å²) in [7, 11) is 1.43. The number of methoxy groups -OCH3 is 1. The Morgan fingerprint density at radius 1 is 1.37 bits per heavy atom. The summed E-state index contributed by atoms with van der Waals surface area (Å²) in [5, 5.41) is 11.5. The minimum atomic E-state index is -1.08. The zero-order valence-corrected chi connectivity index (χ0v) is 11.1. The molecule has 0 aliphatic rings. The van der Waals surface area contributed by atoms with Crippen LogP contribution >= 0.6 is 0 Å². The van der Waals surface area contributed by atoms with Gasteiger partial charge in [-0.3, -0.25) is 4.79 Å². The number of aliphatic carboxylic acids is 1. The van der Waals surface area contributed by atoms with Crippen LogP contribution in [-0.4, -0.2) is 30.1 Å². The van der Waals surface area contributed by atoms with Gasteiger partial charge in [0.2, 0.25) is 0 Å². The second-order valence-electron chi connectivity index (χ2n) is 4.49. The van der Waals surface area contributed by atoms with Crippen molar-refractivity contribution in [2.24, 2.45) is 5.92 Å². The molecule has 0 aliphatic carbocycles. The van der Waals surface area contributed by atoms with Crippen LogP contribution in [0.4, 0.5) is 5.69 Å². The Morgan fingerprint density at radius 2 is 2.00 bits per heavy atom. The molecular formula is C13H18N2O4. The highest BCUT2D eigenvalue weighted by atomic mass is 16.5. The van der Waals surface area contributed by atoms with Crippen molar-refractivity contribution in [3.63, 3.8) is 0 Å². The number of carbonyl (C=O) groups is 2. The maximum Gasteiger partial charge on any atom is 0.326 e. The van der Waals surface area contributed by atoms with E-state index in [1.807, 2.05) is 0 Å². The second-order valence-corrected chi connectivity index (χ2v) is 4.49. The van der Waals surface area contributed by atoms with Crippen LogP contribution in [-0.2, 0) is 4.79 Å². The molecule has 4 N–H and O–H groups in total. The average molecular weight is 266 g/mol. The number of carbonyl (C=O) groups excluding carboxylic acids is 1. The normalized spacial score (nSPS) is 12.0. The van der Waals surface area contributed by atoms with Crippen molar-refractivity contribution in [3.05, 3.63) is 23.8 Å². The molecule has 0 radical (unpaired) electrons. The molecule has 0 aromatic heterocycles. The number of ether oxygens (including phenoxy) is 1. The summed E-state index contributed by atoms with van der Waals surface area (Å²) in [6, 6.07) is 3.66. The molecule has 1 rings (SSSR count). The van der Waals surface area contributed by atoms with E-state index in [-0.39, 0.29) is 11.5 Å². The first-order valence-electron chi connectivity index (χ1n) is 5.84. The number of carboxylic acids is 1. The number of anilines is 1. The minimum Gasteiger partial charge on any atom is -0.496 e. The molecule has 1 aromatic rings. The zero-order valence-electron chi connectivity index (χ0n) is 11.1. The lowest BCUT2D eigenvalue weighted by Gasteiger charge is -2.18. The van der Waals surface area contributed by atoms with Gasteiger partial charge < -0.3 is 20.9 Å². The third kappa shape index (κ3) is 3.61. The number of benzene rings is 1. The summed E-state index contributed by atoms with van der Waals surface area (Å²) >= 11 is 0. The molecule has 1 atom stereocenters. The molecule has 1 amide bonds. The van der Waals surface area contributed by atoms with E-state index in [9.17, 15) is 9.59 Å². The molecule has 0 spiro atoms. The fourth-order valence-corrected chi connectivity index (χ4v) is 1.64. The Bertz CT molecular complexity index is 486. The van der Waals surface area contributed by atoms with Gasteiger partial charge in [0.05, 0.1) is 12.7 Å². The lowest BCUT2D eigenvalue weighted by molar-refractivity contribution is -0.140. The summed E-state index contributed by atoms with van der Waals surface area (Å²) in [4.78, 5) is 23.1. The third-order valence-electron chi connectivity index (χ3n) is 2.69. The Balaban J connectivity index is 3.00. The van der Waals surface area contributed by atoms with Gasteiger partial charge in [0.15, 0.2) is 0 Å². The minimum absolute atomic E-state index is 0.217. The number of carboxylic acid groups (broad SMARTS) is 1. The standard InChI is InChI=1S/C13H18N2O4/c1-7(2)11(13(17)18)15-12(16)9-6-8(14)4-5-10(9)19-3/h4-7,11H,14H2,1-3H3,(H,15,16)(H,17,18)/t11-/m0/s1. The first-order valence-corrected chi connectivity index (χ1v) is 5.84. The van der Waals surface area contributed by atoms with Crippen LogP contribution < -0.4 is 15.8 Å². The highest BCUT2D eigenvalue weighted by Gasteiger charge is 2.25. The summed E-state index contributed by atoms with van der Waals surface area (Å²) in [5.74, 6) is -1.48. The first-order chi connectivity index (χ1) is 8.86. The fraction of sp³-hybridized carbons (Fsp3) is 0.385. The third-order valence-corrected chi connectivity index (χ3v) is 2.69. The Kier molecular flexibility index (Phi) is 4.74. The van der Waals surface area contributed by atoms with Crippen LogP contribution in [0.25, 0.3) is 0 Å². The average Bonchev–Trinajstić information content (AvgIpc) is 2.34. The lowest BCUT2D eigenvalue weighted by Crippen LogP contribution is -2.44. The highest BCUT2D eigenvalue weighted by molar-refractivity contribution is 5.99. The topological polar surface area (TPSA) is 102 Å². The number of nitrogens with one attached hydrogen (secondary N) is 1. The van der Waals surface area contributed by atoms with Crippen molar-refractivity contribution in [1.29, 1.82) is 0 Å². The largest absolute Gasteiger partial charge is 0.496 e. The van der Waals surface area contributed by atoms with E-state index >= 15 is 0 Å². The van der Waals surface area contributed by atoms with Crippen LogP contribution in [0.5, 0.6) is 5.75 Å². The molecule has 0 aliphatic heterocycles. The maximum atomic E-state index is 12.1. The SMILES string of the molecule is COc1ccc(N)cc1C(=O)N[C@H](C(=O)O)C(C)C. The summed E-state index contributed by atoms with van der Waals surface area (Å²) in [6.45, 7) is 3.44. The molecule has 0 fully saturated rings. The van der Waals surface area contributed by atoms with Crippen LogP contribution in [0.2, 0.25) is 0 Å². The number of hydrogen-bond donors (Lipinski definition) is 3. The first kappa shape index (κ1) is 14.8. The van der Waals surface area contributed by atoms with Gasteiger partial charge in [0.1, 0.15) is 11.8 Å². The monoisotopic (exact) mass is 266 g/mol. The van der Waals surface area contributed by atoms with E-state index in [4.69, 9.17) is 15.6 Å². The molecule has 0 saturated carbocycles. The molecule has 1 aromatic carbocycles.